The molecule has 0 aliphatic rings. The molecule has 0 saturated heterocycles. The van der Waals surface area contributed by atoms with E-state index in [2.05, 4.69) is 0 Å². The van der Waals surface area contributed by atoms with Crippen LogP contribution in [0, 0.1) is 5.92 Å². The Morgan fingerprint density at radius 2 is 2.00 bits per heavy atom. The zero-order valence-corrected chi connectivity index (χ0v) is 8.18. The molecule has 0 heterocycles. The molecule has 0 aliphatic carbocycles. The summed E-state index contributed by atoms with van der Waals surface area (Å²) in [6.07, 6.45) is 0.547. The molecule has 0 radical (unpaired) electrons. The Hall–Kier alpha value is -1.35. The Morgan fingerprint density at radius 3 is 2.43 bits per heavy atom. The van der Waals surface area contributed by atoms with Gasteiger partial charge in [-0.2, -0.15) is 0 Å². The number of carbonyl (C=O) groups is 1. The molecule has 0 spiro atoms. The third-order valence-electron chi connectivity index (χ3n) is 2.37. The largest absolute Gasteiger partial charge is 0.481 e. The zero-order valence-electron chi connectivity index (χ0n) is 8.18. The smallest absolute Gasteiger partial charge is 0.308 e. The molecule has 0 bridgehead atoms. The van der Waals surface area contributed by atoms with Crippen LogP contribution in [-0.2, 0) is 4.79 Å². The normalized spacial score (nSPS) is 14.7. The molecule has 0 saturated carbocycles. The number of hydrogen-bond donors (Lipinski definition) is 2. The second kappa shape index (κ2) is 4.77. The Labute approximate surface area is 83.6 Å². The number of carboxylic acids is 1. The number of rotatable bonds is 4. The Kier molecular flexibility index (Phi) is 3.65. The number of hydrogen-bond acceptors (Lipinski definition) is 2. The lowest BCUT2D eigenvalue weighted by Crippen LogP contribution is -2.27. The van der Waals surface area contributed by atoms with Gasteiger partial charge >= 0.3 is 5.97 Å². The molecule has 76 valence electrons. The first-order chi connectivity index (χ1) is 6.66. The highest BCUT2D eigenvalue weighted by Gasteiger charge is 2.24. The molecule has 0 amide bonds. The van der Waals surface area contributed by atoms with Crippen molar-refractivity contribution < 1.29 is 9.90 Å². The van der Waals surface area contributed by atoms with Crippen molar-refractivity contribution in [2.45, 2.75) is 19.4 Å². The Bertz CT molecular complexity index is 297. The number of benzene rings is 1. The highest BCUT2D eigenvalue weighted by molar-refractivity contribution is 5.71. The minimum absolute atomic E-state index is 0.418. The van der Waals surface area contributed by atoms with Gasteiger partial charge in [0.2, 0.25) is 0 Å². The van der Waals surface area contributed by atoms with Crippen LogP contribution in [0.15, 0.2) is 30.3 Å². The van der Waals surface area contributed by atoms with Crippen molar-refractivity contribution in [2.24, 2.45) is 11.7 Å². The highest BCUT2D eigenvalue weighted by atomic mass is 16.4. The third-order valence-corrected chi connectivity index (χ3v) is 2.37. The van der Waals surface area contributed by atoms with E-state index in [4.69, 9.17) is 10.8 Å². The van der Waals surface area contributed by atoms with Crippen molar-refractivity contribution in [3.8, 4) is 0 Å². The van der Waals surface area contributed by atoms with Gasteiger partial charge in [0.1, 0.15) is 0 Å². The van der Waals surface area contributed by atoms with Gasteiger partial charge in [0.15, 0.2) is 0 Å². The van der Waals surface area contributed by atoms with E-state index < -0.39 is 17.9 Å². The van der Waals surface area contributed by atoms with Gasteiger partial charge in [0.25, 0.3) is 0 Å². The summed E-state index contributed by atoms with van der Waals surface area (Å²) in [6, 6.07) is 8.91. The van der Waals surface area contributed by atoms with E-state index >= 15 is 0 Å². The average molecular weight is 193 g/mol. The van der Waals surface area contributed by atoms with Crippen molar-refractivity contribution in [1.82, 2.24) is 0 Å². The monoisotopic (exact) mass is 193 g/mol. The minimum atomic E-state index is -0.830. The molecular weight excluding hydrogens is 178 g/mol. The summed E-state index contributed by atoms with van der Waals surface area (Å²) < 4.78 is 0. The molecule has 1 aromatic rings. The molecule has 2 unspecified atom stereocenters. The summed E-state index contributed by atoms with van der Waals surface area (Å²) in [4.78, 5) is 10.9. The van der Waals surface area contributed by atoms with Crippen molar-refractivity contribution in [3.63, 3.8) is 0 Å². The standard InChI is InChI=1S/C11H15NO2/c1-2-9(11(13)14)10(12)8-6-4-3-5-7-8/h3-7,9-10H,2,12H2,1H3,(H,13,14). The Morgan fingerprint density at radius 1 is 1.43 bits per heavy atom. The summed E-state index contributed by atoms with van der Waals surface area (Å²) in [6.45, 7) is 1.83. The predicted octanol–water partition coefficient (Wildman–Crippen LogP) is 1.80. The second-order valence-corrected chi connectivity index (χ2v) is 3.29. The van der Waals surface area contributed by atoms with Gasteiger partial charge in [-0.05, 0) is 12.0 Å². The van der Waals surface area contributed by atoms with E-state index in [1.54, 1.807) is 0 Å². The van der Waals surface area contributed by atoms with Gasteiger partial charge in [-0.3, -0.25) is 4.79 Å². The fourth-order valence-corrected chi connectivity index (χ4v) is 1.49. The van der Waals surface area contributed by atoms with E-state index in [1.165, 1.54) is 0 Å². The topological polar surface area (TPSA) is 63.3 Å². The average Bonchev–Trinajstić information content (AvgIpc) is 2.19. The SMILES string of the molecule is CCC(C(=O)O)C(N)c1ccccc1. The number of carboxylic acid groups (broad SMARTS) is 1. The first-order valence-corrected chi connectivity index (χ1v) is 4.70. The zero-order chi connectivity index (χ0) is 10.6. The molecule has 3 nitrogen and oxygen atoms in total. The summed E-state index contributed by atoms with van der Waals surface area (Å²) in [5.74, 6) is -1.33. The van der Waals surface area contributed by atoms with E-state index in [9.17, 15) is 4.79 Å². The van der Waals surface area contributed by atoms with Crippen LogP contribution in [0.5, 0.6) is 0 Å². The van der Waals surface area contributed by atoms with E-state index in [0.29, 0.717) is 6.42 Å². The lowest BCUT2D eigenvalue weighted by molar-refractivity contribution is -0.142. The van der Waals surface area contributed by atoms with E-state index in [-0.39, 0.29) is 0 Å². The first-order valence-electron chi connectivity index (χ1n) is 4.70. The van der Waals surface area contributed by atoms with Crippen LogP contribution in [-0.4, -0.2) is 11.1 Å². The molecule has 0 aliphatic heterocycles. The highest BCUT2D eigenvalue weighted by Crippen LogP contribution is 2.21. The molecule has 3 heteroatoms. The summed E-state index contributed by atoms with van der Waals surface area (Å²) in [5, 5.41) is 8.92. The maximum Gasteiger partial charge on any atom is 0.308 e. The van der Waals surface area contributed by atoms with Crippen LogP contribution in [0.1, 0.15) is 24.9 Å². The molecule has 1 aromatic carbocycles. The van der Waals surface area contributed by atoms with Crippen LogP contribution < -0.4 is 5.73 Å². The molecule has 2 atom stereocenters. The molecular formula is C11H15NO2. The van der Waals surface area contributed by atoms with Crippen molar-refractivity contribution >= 4 is 5.97 Å². The second-order valence-electron chi connectivity index (χ2n) is 3.29. The lowest BCUT2D eigenvalue weighted by atomic mass is 9.92. The van der Waals surface area contributed by atoms with Crippen molar-refractivity contribution in [1.29, 1.82) is 0 Å². The third kappa shape index (κ3) is 2.33. The predicted molar refractivity (Wildman–Crippen MR) is 54.8 cm³/mol. The first kappa shape index (κ1) is 10.7. The van der Waals surface area contributed by atoms with E-state index in [0.717, 1.165) is 5.56 Å². The van der Waals surface area contributed by atoms with Gasteiger partial charge in [-0.25, -0.2) is 0 Å². The molecule has 3 N–H and O–H groups in total. The fraction of sp³-hybridized carbons (Fsp3) is 0.364. The number of aliphatic carboxylic acids is 1. The van der Waals surface area contributed by atoms with Gasteiger partial charge in [-0.15, -0.1) is 0 Å². The minimum Gasteiger partial charge on any atom is -0.481 e. The summed E-state index contributed by atoms with van der Waals surface area (Å²) >= 11 is 0. The van der Waals surface area contributed by atoms with Crippen LogP contribution in [0.2, 0.25) is 0 Å². The van der Waals surface area contributed by atoms with Crippen LogP contribution in [0.25, 0.3) is 0 Å². The van der Waals surface area contributed by atoms with Crippen LogP contribution in [0.3, 0.4) is 0 Å². The summed E-state index contributed by atoms with van der Waals surface area (Å²) in [7, 11) is 0. The molecule has 14 heavy (non-hydrogen) atoms. The maximum atomic E-state index is 10.9. The van der Waals surface area contributed by atoms with Crippen LogP contribution >= 0.6 is 0 Å². The number of nitrogens with two attached hydrogens (primary N) is 1. The van der Waals surface area contributed by atoms with Crippen molar-refractivity contribution in [2.75, 3.05) is 0 Å². The van der Waals surface area contributed by atoms with Gasteiger partial charge in [-0.1, -0.05) is 37.3 Å². The fourth-order valence-electron chi connectivity index (χ4n) is 1.49. The maximum absolute atomic E-state index is 10.9. The lowest BCUT2D eigenvalue weighted by Gasteiger charge is -2.18. The quantitative estimate of drug-likeness (QED) is 0.766. The van der Waals surface area contributed by atoms with Gasteiger partial charge < -0.3 is 10.8 Å². The Balaban J connectivity index is 2.83. The van der Waals surface area contributed by atoms with Gasteiger partial charge in [0, 0.05) is 6.04 Å². The van der Waals surface area contributed by atoms with Gasteiger partial charge in [0.05, 0.1) is 5.92 Å². The van der Waals surface area contributed by atoms with E-state index in [1.807, 2.05) is 37.3 Å². The van der Waals surface area contributed by atoms with Crippen molar-refractivity contribution in [3.05, 3.63) is 35.9 Å². The van der Waals surface area contributed by atoms with Crippen LogP contribution in [0.4, 0.5) is 0 Å². The molecule has 0 fully saturated rings. The molecule has 0 aromatic heterocycles. The molecule has 1 rings (SSSR count). The summed E-state index contributed by atoms with van der Waals surface area (Å²) in [5.41, 5.74) is 6.75.